The first-order chi connectivity index (χ1) is 7.65. The molecular weight excluding hydrogens is 308 g/mol. The van der Waals surface area contributed by atoms with Gasteiger partial charge in [0, 0.05) is 14.7 Å². The Labute approximate surface area is 109 Å². The van der Waals surface area contributed by atoms with Crippen LogP contribution in [0.15, 0.2) is 40.2 Å². The number of rotatable bonds is 3. The van der Waals surface area contributed by atoms with Crippen LogP contribution < -0.4 is 0 Å². The highest BCUT2D eigenvalue weighted by molar-refractivity contribution is 9.10. The van der Waals surface area contributed by atoms with E-state index in [1.54, 1.807) is 11.3 Å². The molecule has 0 saturated carbocycles. The Kier molecular flexibility index (Phi) is 3.91. The Morgan fingerprint density at radius 3 is 2.81 bits per heavy atom. The van der Waals surface area contributed by atoms with E-state index in [0.29, 0.717) is 0 Å². The first-order valence-electron chi connectivity index (χ1n) is 4.56. The van der Waals surface area contributed by atoms with Crippen LogP contribution in [-0.4, -0.2) is 8.76 Å². The van der Waals surface area contributed by atoms with Crippen LogP contribution in [0.2, 0.25) is 0 Å². The Bertz CT molecular complexity index is 522. The zero-order chi connectivity index (χ0) is 11.5. The molecule has 2 nitrogen and oxygen atoms in total. The minimum atomic E-state index is -1.78. The molecule has 2 rings (SSSR count). The Morgan fingerprint density at radius 1 is 1.38 bits per heavy atom. The molecule has 0 aliphatic carbocycles. The maximum Gasteiger partial charge on any atom is 0.157 e. The van der Waals surface area contributed by atoms with Gasteiger partial charge in [-0.15, -0.1) is 11.3 Å². The van der Waals surface area contributed by atoms with Crippen molar-refractivity contribution in [3.8, 4) is 10.4 Å². The van der Waals surface area contributed by atoms with Gasteiger partial charge in [0.2, 0.25) is 0 Å². The van der Waals surface area contributed by atoms with E-state index in [-0.39, 0.29) is 5.75 Å². The van der Waals surface area contributed by atoms with Crippen LogP contribution in [0.5, 0.6) is 0 Å². The lowest BCUT2D eigenvalue weighted by atomic mass is 10.1. The predicted octanol–water partition coefficient (Wildman–Crippen LogP) is 3.90. The smallest absolute Gasteiger partial charge is 0.157 e. The average molecular weight is 317 g/mol. The summed E-state index contributed by atoms with van der Waals surface area (Å²) < 4.78 is 20.6. The van der Waals surface area contributed by atoms with Crippen LogP contribution in [0.1, 0.15) is 5.56 Å². The highest BCUT2D eigenvalue weighted by atomic mass is 79.9. The summed E-state index contributed by atoms with van der Waals surface area (Å²) >= 11 is 3.27. The molecule has 0 radical (unpaired) electrons. The Hall–Kier alpha value is -0.490. The van der Waals surface area contributed by atoms with Gasteiger partial charge in [0.1, 0.15) is 0 Å². The highest BCUT2D eigenvalue weighted by Crippen LogP contribution is 2.30. The summed E-state index contributed by atoms with van der Waals surface area (Å²) in [5.41, 5.74) is 1.96. The normalized spacial score (nSPS) is 12.6. The molecule has 0 spiro atoms. The zero-order valence-electron chi connectivity index (χ0n) is 8.22. The molecule has 1 atom stereocenters. The van der Waals surface area contributed by atoms with Crippen LogP contribution in [0, 0.1) is 0 Å². The standard InChI is InChI=1S/C11H9BrO2S2/c12-10-5-11(15-6-10)9-3-1-2-8(4-9)7-16(13)14/h1-6H,7H2,(H,13,14). The molecule has 16 heavy (non-hydrogen) atoms. The number of benzene rings is 1. The molecule has 0 fully saturated rings. The van der Waals surface area contributed by atoms with E-state index in [1.807, 2.05) is 35.7 Å². The van der Waals surface area contributed by atoms with Crippen LogP contribution in [0.4, 0.5) is 0 Å². The fourth-order valence-corrected chi connectivity index (χ4v) is 3.31. The SMILES string of the molecule is O=S(O)Cc1cccc(-c2cc(Br)cs2)c1. The summed E-state index contributed by atoms with van der Waals surface area (Å²) in [7, 11) is 0. The number of hydrogen-bond donors (Lipinski definition) is 1. The van der Waals surface area contributed by atoms with Gasteiger partial charge in [-0.05, 0) is 39.2 Å². The molecule has 0 aliphatic heterocycles. The first kappa shape index (κ1) is 12.0. The Balaban J connectivity index is 2.32. The highest BCUT2D eigenvalue weighted by Gasteiger charge is 2.03. The maximum atomic E-state index is 10.7. The topological polar surface area (TPSA) is 37.3 Å². The second-order valence-electron chi connectivity index (χ2n) is 3.30. The third-order valence-corrected chi connectivity index (χ3v) is 4.39. The molecule has 2 aromatic rings. The largest absolute Gasteiger partial charge is 0.306 e. The van der Waals surface area contributed by atoms with Crippen molar-refractivity contribution in [3.05, 3.63) is 45.7 Å². The Morgan fingerprint density at radius 2 is 2.19 bits per heavy atom. The average Bonchev–Trinajstić information content (AvgIpc) is 2.64. The van der Waals surface area contributed by atoms with E-state index in [2.05, 4.69) is 15.9 Å². The van der Waals surface area contributed by atoms with E-state index >= 15 is 0 Å². The lowest BCUT2D eigenvalue weighted by molar-refractivity contribution is 0.563. The summed E-state index contributed by atoms with van der Waals surface area (Å²) in [5.74, 6) is 0.181. The molecule has 0 aliphatic rings. The second-order valence-corrected chi connectivity index (χ2v) is 6.05. The minimum absolute atomic E-state index is 0.181. The van der Waals surface area contributed by atoms with Gasteiger partial charge in [-0.25, -0.2) is 4.21 Å². The third kappa shape index (κ3) is 3.01. The van der Waals surface area contributed by atoms with Crippen molar-refractivity contribution in [3.63, 3.8) is 0 Å². The van der Waals surface area contributed by atoms with E-state index < -0.39 is 11.1 Å². The van der Waals surface area contributed by atoms with E-state index in [0.717, 1.165) is 20.5 Å². The first-order valence-corrected chi connectivity index (χ1v) is 7.51. The summed E-state index contributed by atoms with van der Waals surface area (Å²) in [5, 5.41) is 2.02. The van der Waals surface area contributed by atoms with Gasteiger partial charge in [0.05, 0.1) is 5.75 Å². The molecule has 1 aromatic carbocycles. The van der Waals surface area contributed by atoms with E-state index in [9.17, 15) is 4.21 Å². The third-order valence-electron chi connectivity index (χ3n) is 2.07. The van der Waals surface area contributed by atoms with Crippen LogP contribution >= 0.6 is 27.3 Å². The van der Waals surface area contributed by atoms with Crippen LogP contribution in [0.25, 0.3) is 10.4 Å². The number of hydrogen-bond acceptors (Lipinski definition) is 2. The summed E-state index contributed by atoms with van der Waals surface area (Å²) in [6.45, 7) is 0. The molecule has 1 aromatic heterocycles. The predicted molar refractivity (Wildman–Crippen MR) is 71.9 cm³/mol. The quantitative estimate of drug-likeness (QED) is 0.872. The van der Waals surface area contributed by atoms with Gasteiger partial charge in [0.15, 0.2) is 11.1 Å². The zero-order valence-corrected chi connectivity index (χ0v) is 11.4. The van der Waals surface area contributed by atoms with Crippen molar-refractivity contribution in [2.75, 3.05) is 0 Å². The maximum absolute atomic E-state index is 10.7. The summed E-state index contributed by atoms with van der Waals surface area (Å²) in [6, 6.07) is 9.76. The number of halogens is 1. The lowest BCUT2D eigenvalue weighted by Crippen LogP contribution is -1.92. The van der Waals surface area contributed by atoms with E-state index in [4.69, 9.17) is 4.55 Å². The molecule has 1 unspecified atom stereocenters. The summed E-state index contributed by atoms with van der Waals surface area (Å²) in [6.07, 6.45) is 0. The van der Waals surface area contributed by atoms with Crippen molar-refractivity contribution in [2.45, 2.75) is 5.75 Å². The van der Waals surface area contributed by atoms with Crippen molar-refractivity contribution in [1.82, 2.24) is 0 Å². The van der Waals surface area contributed by atoms with Crippen molar-refractivity contribution >= 4 is 38.3 Å². The van der Waals surface area contributed by atoms with Gasteiger partial charge in [0.25, 0.3) is 0 Å². The van der Waals surface area contributed by atoms with Gasteiger partial charge in [-0.3, -0.25) is 0 Å². The number of thiophene rings is 1. The van der Waals surface area contributed by atoms with E-state index in [1.165, 1.54) is 0 Å². The monoisotopic (exact) mass is 316 g/mol. The lowest BCUT2D eigenvalue weighted by Gasteiger charge is -2.01. The molecule has 1 N–H and O–H groups in total. The van der Waals surface area contributed by atoms with Gasteiger partial charge in [-0.1, -0.05) is 18.2 Å². The van der Waals surface area contributed by atoms with Crippen molar-refractivity contribution in [1.29, 1.82) is 0 Å². The molecule has 0 saturated heterocycles. The fourth-order valence-electron chi connectivity index (χ4n) is 1.42. The molecule has 5 heteroatoms. The van der Waals surface area contributed by atoms with Crippen molar-refractivity contribution < 1.29 is 8.76 Å². The van der Waals surface area contributed by atoms with Gasteiger partial charge < -0.3 is 4.55 Å². The van der Waals surface area contributed by atoms with Crippen molar-refractivity contribution in [2.24, 2.45) is 0 Å². The van der Waals surface area contributed by atoms with Crippen LogP contribution in [0.3, 0.4) is 0 Å². The summed E-state index contributed by atoms with van der Waals surface area (Å²) in [4.78, 5) is 1.15. The minimum Gasteiger partial charge on any atom is -0.306 e. The molecule has 84 valence electrons. The fraction of sp³-hybridized carbons (Fsp3) is 0.0909. The van der Waals surface area contributed by atoms with Crippen LogP contribution in [-0.2, 0) is 16.8 Å². The second kappa shape index (κ2) is 5.23. The molecule has 0 amide bonds. The molecule has 0 bridgehead atoms. The molecule has 1 heterocycles. The molecular formula is C11H9BrO2S2. The van der Waals surface area contributed by atoms with Gasteiger partial charge >= 0.3 is 0 Å². The van der Waals surface area contributed by atoms with Gasteiger partial charge in [-0.2, -0.15) is 0 Å².